The average Bonchev–Trinajstić information content (AvgIpc) is 3.11. The summed E-state index contributed by atoms with van der Waals surface area (Å²) in [5.74, 6) is -1.35. The number of carbonyl (C=O) groups excluding carboxylic acids is 3. The number of rotatable bonds is 3. The molecule has 0 spiro atoms. The molecule has 2 aliphatic rings. The Bertz CT molecular complexity index is 1440. The second-order valence-electron chi connectivity index (χ2n) is 8.11. The second-order valence-corrected chi connectivity index (χ2v) is 8.11. The Labute approximate surface area is 187 Å². The van der Waals surface area contributed by atoms with Gasteiger partial charge in [-0.3, -0.25) is 14.4 Å². The minimum atomic E-state index is -1.67. The van der Waals surface area contributed by atoms with Gasteiger partial charge in [-0.1, -0.05) is 6.92 Å². The zero-order valence-corrected chi connectivity index (χ0v) is 18.3. The predicted octanol–water partition coefficient (Wildman–Crippen LogP) is 2.58. The monoisotopic (exact) mass is 448 g/mol. The van der Waals surface area contributed by atoms with Gasteiger partial charge in [0.05, 0.1) is 29.0 Å². The highest BCUT2D eigenvalue weighted by Crippen LogP contribution is 2.41. The zero-order chi connectivity index (χ0) is 23.5. The van der Waals surface area contributed by atoms with Crippen molar-refractivity contribution in [2.75, 3.05) is 0 Å². The van der Waals surface area contributed by atoms with Gasteiger partial charge < -0.3 is 18.8 Å². The Morgan fingerprint density at radius 2 is 1.94 bits per heavy atom. The van der Waals surface area contributed by atoms with E-state index < -0.39 is 23.5 Å². The highest BCUT2D eigenvalue weighted by atomic mass is 16.6. The van der Waals surface area contributed by atoms with Crippen LogP contribution in [0.3, 0.4) is 0 Å². The molecule has 9 heteroatoms. The molecule has 2 aliphatic heterocycles. The maximum absolute atomic E-state index is 13.4. The third kappa shape index (κ3) is 3.11. The van der Waals surface area contributed by atoms with Gasteiger partial charge in [0, 0.05) is 30.4 Å². The lowest BCUT2D eigenvalue weighted by atomic mass is 9.85. The minimum absolute atomic E-state index is 0.123. The van der Waals surface area contributed by atoms with Crippen LogP contribution in [-0.4, -0.2) is 27.5 Å². The van der Waals surface area contributed by atoms with E-state index in [1.165, 1.54) is 13.8 Å². The van der Waals surface area contributed by atoms with E-state index in [2.05, 4.69) is 0 Å². The molecule has 0 fully saturated rings. The van der Waals surface area contributed by atoms with Gasteiger partial charge in [-0.2, -0.15) is 0 Å². The molecule has 0 radical (unpaired) electrons. The van der Waals surface area contributed by atoms with Gasteiger partial charge in [-0.15, -0.1) is 0 Å². The van der Waals surface area contributed by atoms with Gasteiger partial charge in [0.1, 0.15) is 12.4 Å². The highest BCUT2D eigenvalue weighted by Gasteiger charge is 2.50. The molecule has 3 aromatic rings. The summed E-state index contributed by atoms with van der Waals surface area (Å²) in [6.45, 7) is 4.35. The second kappa shape index (κ2) is 7.26. The van der Waals surface area contributed by atoms with Crippen molar-refractivity contribution in [3.05, 3.63) is 57.4 Å². The first-order valence-corrected chi connectivity index (χ1v) is 10.5. The van der Waals surface area contributed by atoms with Crippen molar-refractivity contribution in [2.24, 2.45) is 0 Å². The van der Waals surface area contributed by atoms with Crippen LogP contribution in [0.1, 0.15) is 43.9 Å². The molecule has 9 nitrogen and oxygen atoms in total. The summed E-state index contributed by atoms with van der Waals surface area (Å²) < 4.78 is 17.4. The first kappa shape index (κ1) is 20.9. The summed E-state index contributed by atoms with van der Waals surface area (Å²) in [7, 11) is 0. The van der Waals surface area contributed by atoms with Gasteiger partial charge >= 0.3 is 17.9 Å². The molecule has 33 heavy (non-hydrogen) atoms. The number of ether oxygens (including phenoxy) is 3. The lowest BCUT2D eigenvalue weighted by Crippen LogP contribution is -2.47. The van der Waals surface area contributed by atoms with Crippen molar-refractivity contribution in [3.63, 3.8) is 0 Å². The summed E-state index contributed by atoms with van der Waals surface area (Å²) in [6, 6.07) is 8.71. The molecule has 1 atom stereocenters. The number of aromatic nitrogens is 2. The fraction of sp³-hybridized carbons (Fsp3) is 0.292. The molecular formula is C24H20N2O7. The van der Waals surface area contributed by atoms with E-state index in [9.17, 15) is 19.2 Å². The van der Waals surface area contributed by atoms with Crippen LogP contribution in [0.5, 0.6) is 5.75 Å². The Balaban J connectivity index is 1.70. The number of carbonyl (C=O) groups is 3. The number of fused-ring (bicyclic) bond motifs is 5. The molecule has 0 amide bonds. The van der Waals surface area contributed by atoms with Crippen LogP contribution in [0.15, 0.2) is 35.1 Å². The number of pyridine rings is 2. The van der Waals surface area contributed by atoms with Gasteiger partial charge in [-0.05, 0) is 36.8 Å². The van der Waals surface area contributed by atoms with Crippen LogP contribution < -0.4 is 10.3 Å². The normalized spacial score (nSPS) is 18.2. The summed E-state index contributed by atoms with van der Waals surface area (Å²) in [6.07, 6.45) is 0.123. The van der Waals surface area contributed by atoms with E-state index in [0.717, 1.165) is 10.9 Å². The molecule has 2 aromatic heterocycles. The number of nitrogens with zero attached hydrogens (tertiary/aromatic N) is 2. The Morgan fingerprint density at radius 1 is 1.15 bits per heavy atom. The van der Waals surface area contributed by atoms with Crippen molar-refractivity contribution >= 4 is 28.8 Å². The molecule has 0 saturated carbocycles. The number of esters is 3. The van der Waals surface area contributed by atoms with Gasteiger partial charge in [-0.25, -0.2) is 9.78 Å². The fourth-order valence-electron chi connectivity index (χ4n) is 4.60. The van der Waals surface area contributed by atoms with Crippen LogP contribution in [0.4, 0.5) is 0 Å². The molecule has 5 rings (SSSR count). The van der Waals surface area contributed by atoms with Crippen molar-refractivity contribution in [1.82, 2.24) is 9.55 Å². The molecule has 0 N–H and O–H groups in total. The SMILES string of the molecule is CC[C@@]1(OC(C)=O)C(=O)OCc2c1cc1n(c2=O)Cc2cc3cc(OC(C)=O)ccc3nc2-1. The van der Waals surface area contributed by atoms with Gasteiger partial charge in [0.25, 0.3) is 5.56 Å². The molecule has 0 saturated heterocycles. The van der Waals surface area contributed by atoms with E-state index in [1.54, 1.807) is 35.8 Å². The Hall–Kier alpha value is -4.01. The summed E-state index contributed by atoms with van der Waals surface area (Å²) in [5.41, 5.74) is 1.25. The van der Waals surface area contributed by atoms with Crippen LogP contribution >= 0.6 is 0 Å². The van der Waals surface area contributed by atoms with Crippen LogP contribution in [0, 0.1) is 0 Å². The van der Waals surface area contributed by atoms with Gasteiger partial charge in [0.15, 0.2) is 0 Å². The largest absolute Gasteiger partial charge is 0.457 e. The molecule has 0 aliphatic carbocycles. The van der Waals surface area contributed by atoms with E-state index in [1.807, 2.05) is 6.07 Å². The molecule has 168 valence electrons. The maximum Gasteiger partial charge on any atom is 0.355 e. The van der Waals surface area contributed by atoms with Crippen LogP contribution in [0.2, 0.25) is 0 Å². The standard InChI is InChI=1S/C24H20N2O7/c1-4-24(33-13(3)28)18-9-20-21-15(10-26(20)22(29)17(18)11-31-23(24)30)7-14-8-16(32-12(2)27)5-6-19(14)25-21/h5-9H,4,10-11H2,1-3H3/t24-/m0/s1. The lowest BCUT2D eigenvalue weighted by Gasteiger charge is -2.35. The van der Waals surface area contributed by atoms with E-state index in [0.29, 0.717) is 28.2 Å². The molecule has 1 aromatic carbocycles. The number of hydrogen-bond donors (Lipinski definition) is 0. The van der Waals surface area contributed by atoms with Gasteiger partial charge in [0.2, 0.25) is 5.60 Å². The number of benzene rings is 1. The third-order valence-electron chi connectivity index (χ3n) is 6.03. The van der Waals surface area contributed by atoms with E-state index >= 15 is 0 Å². The van der Waals surface area contributed by atoms with Crippen molar-refractivity contribution < 1.29 is 28.6 Å². The van der Waals surface area contributed by atoms with Crippen molar-refractivity contribution in [3.8, 4) is 17.1 Å². The first-order chi connectivity index (χ1) is 15.7. The highest BCUT2D eigenvalue weighted by molar-refractivity contribution is 5.88. The molecule has 0 unspecified atom stereocenters. The molecule has 4 heterocycles. The predicted molar refractivity (Wildman–Crippen MR) is 115 cm³/mol. The van der Waals surface area contributed by atoms with E-state index in [4.69, 9.17) is 19.2 Å². The number of hydrogen-bond acceptors (Lipinski definition) is 8. The maximum atomic E-state index is 13.4. The topological polar surface area (TPSA) is 114 Å². The van der Waals surface area contributed by atoms with E-state index in [-0.39, 0.29) is 30.7 Å². The minimum Gasteiger partial charge on any atom is -0.457 e. The summed E-state index contributed by atoms with van der Waals surface area (Å²) >= 11 is 0. The fourth-order valence-corrected chi connectivity index (χ4v) is 4.60. The Morgan fingerprint density at radius 3 is 2.64 bits per heavy atom. The van der Waals surface area contributed by atoms with Crippen molar-refractivity contribution in [2.45, 2.75) is 45.9 Å². The Kier molecular flexibility index (Phi) is 4.59. The quantitative estimate of drug-likeness (QED) is 0.347. The first-order valence-electron chi connectivity index (χ1n) is 10.5. The number of cyclic esters (lactones) is 1. The zero-order valence-electron chi connectivity index (χ0n) is 18.3. The summed E-state index contributed by atoms with van der Waals surface area (Å²) in [5, 5.41) is 0.763. The average molecular weight is 448 g/mol. The molecule has 0 bridgehead atoms. The van der Waals surface area contributed by atoms with Crippen molar-refractivity contribution in [1.29, 1.82) is 0 Å². The smallest absolute Gasteiger partial charge is 0.355 e. The van der Waals surface area contributed by atoms with Crippen LogP contribution in [0.25, 0.3) is 22.3 Å². The van der Waals surface area contributed by atoms with Crippen LogP contribution in [-0.2, 0) is 42.6 Å². The lowest BCUT2D eigenvalue weighted by molar-refractivity contribution is -0.188. The summed E-state index contributed by atoms with van der Waals surface area (Å²) in [4.78, 5) is 54.0. The molecular weight excluding hydrogens is 428 g/mol. The third-order valence-corrected chi connectivity index (χ3v) is 6.03.